The molecule has 1 aliphatic heterocycles. The van der Waals surface area contributed by atoms with Gasteiger partial charge in [-0.1, -0.05) is 0 Å². The van der Waals surface area contributed by atoms with Crippen molar-refractivity contribution in [3.63, 3.8) is 0 Å². The lowest BCUT2D eigenvalue weighted by molar-refractivity contribution is -0.157. The van der Waals surface area contributed by atoms with E-state index in [1.165, 1.54) is 24.3 Å². The van der Waals surface area contributed by atoms with Crippen LogP contribution in [-0.2, 0) is 11.0 Å². The predicted octanol–water partition coefficient (Wildman–Crippen LogP) is 3.01. The zero-order chi connectivity index (χ0) is 18.7. The molecule has 10 heteroatoms. The average molecular weight is 373 g/mol. The van der Waals surface area contributed by atoms with Crippen LogP contribution in [0.4, 0.5) is 17.6 Å². The SMILES string of the molecule is O=C(COc1ccc(F)cc1)N1CCC(c2nnc(C(F)(F)F)o2)CC1. The molecular formula is C16H15F4N3O3. The average Bonchev–Trinajstić information content (AvgIpc) is 3.12. The molecule has 0 unspecified atom stereocenters. The van der Waals surface area contributed by atoms with E-state index in [0.29, 0.717) is 31.7 Å². The lowest BCUT2D eigenvalue weighted by Gasteiger charge is -2.30. The van der Waals surface area contributed by atoms with Gasteiger partial charge in [0, 0.05) is 19.0 Å². The normalized spacial score (nSPS) is 15.9. The Kier molecular flexibility index (Phi) is 5.10. The molecule has 0 radical (unpaired) electrons. The lowest BCUT2D eigenvalue weighted by Crippen LogP contribution is -2.40. The minimum Gasteiger partial charge on any atom is -0.484 e. The molecule has 0 bridgehead atoms. The maximum atomic E-state index is 12.8. The first kappa shape index (κ1) is 18.2. The smallest absolute Gasteiger partial charge is 0.470 e. The van der Waals surface area contributed by atoms with E-state index in [1.807, 2.05) is 0 Å². The van der Waals surface area contributed by atoms with E-state index >= 15 is 0 Å². The number of carbonyl (C=O) groups excluding carboxylic acids is 1. The van der Waals surface area contributed by atoms with Crippen LogP contribution < -0.4 is 4.74 Å². The Labute approximate surface area is 145 Å². The zero-order valence-electron chi connectivity index (χ0n) is 13.5. The van der Waals surface area contributed by atoms with Gasteiger partial charge in [-0.3, -0.25) is 4.79 Å². The van der Waals surface area contributed by atoms with E-state index in [2.05, 4.69) is 10.2 Å². The van der Waals surface area contributed by atoms with Gasteiger partial charge in [-0.25, -0.2) is 4.39 Å². The molecule has 0 N–H and O–H groups in total. The maximum absolute atomic E-state index is 12.8. The molecule has 6 nitrogen and oxygen atoms in total. The molecule has 0 spiro atoms. The van der Waals surface area contributed by atoms with Crippen LogP contribution in [0, 0.1) is 5.82 Å². The van der Waals surface area contributed by atoms with Crippen LogP contribution in [0.25, 0.3) is 0 Å². The third-order valence-electron chi connectivity index (χ3n) is 4.06. The largest absolute Gasteiger partial charge is 0.484 e. The number of benzene rings is 1. The summed E-state index contributed by atoms with van der Waals surface area (Å²) >= 11 is 0. The highest BCUT2D eigenvalue weighted by molar-refractivity contribution is 5.77. The van der Waals surface area contributed by atoms with Crippen LogP contribution in [0.5, 0.6) is 5.75 Å². The molecule has 1 fully saturated rings. The Morgan fingerprint density at radius 3 is 2.42 bits per heavy atom. The second-order valence-electron chi connectivity index (χ2n) is 5.84. The highest BCUT2D eigenvalue weighted by Crippen LogP contribution is 2.32. The van der Waals surface area contributed by atoms with E-state index in [9.17, 15) is 22.4 Å². The summed E-state index contributed by atoms with van der Waals surface area (Å²) in [7, 11) is 0. The molecule has 1 saturated heterocycles. The summed E-state index contributed by atoms with van der Waals surface area (Å²) < 4.78 is 60.3. The van der Waals surface area contributed by atoms with E-state index < -0.39 is 17.9 Å². The molecule has 140 valence electrons. The van der Waals surface area contributed by atoms with Gasteiger partial charge in [0.1, 0.15) is 11.6 Å². The summed E-state index contributed by atoms with van der Waals surface area (Å²) in [6.07, 6.45) is -3.83. The number of likely N-dealkylation sites (tertiary alicyclic amines) is 1. The standard InChI is InChI=1S/C16H15F4N3O3/c17-11-1-3-12(4-2-11)25-9-13(24)23-7-5-10(6-8-23)14-21-22-15(26-14)16(18,19)20/h1-4,10H,5-9H2. The first-order valence-electron chi connectivity index (χ1n) is 7.89. The Morgan fingerprint density at radius 2 is 1.85 bits per heavy atom. The van der Waals surface area contributed by atoms with Crippen molar-refractivity contribution >= 4 is 5.91 Å². The fourth-order valence-electron chi connectivity index (χ4n) is 2.66. The van der Waals surface area contributed by atoms with Crippen LogP contribution in [0.15, 0.2) is 28.7 Å². The second kappa shape index (κ2) is 7.30. The number of hydrogen-bond donors (Lipinski definition) is 0. The van der Waals surface area contributed by atoms with Crippen LogP contribution in [-0.4, -0.2) is 40.7 Å². The van der Waals surface area contributed by atoms with Gasteiger partial charge in [0.2, 0.25) is 5.89 Å². The summed E-state index contributed by atoms with van der Waals surface area (Å²) in [6.45, 7) is 0.495. The summed E-state index contributed by atoms with van der Waals surface area (Å²) in [4.78, 5) is 13.7. The topological polar surface area (TPSA) is 68.5 Å². The molecule has 0 aliphatic carbocycles. The van der Waals surface area contributed by atoms with Gasteiger partial charge in [0.05, 0.1) is 0 Å². The Hall–Kier alpha value is -2.65. The summed E-state index contributed by atoms with van der Waals surface area (Å²) in [5, 5.41) is 6.48. The molecule has 0 atom stereocenters. The number of hydrogen-bond acceptors (Lipinski definition) is 5. The van der Waals surface area contributed by atoms with Crippen molar-refractivity contribution in [2.24, 2.45) is 0 Å². The number of nitrogens with zero attached hydrogens (tertiary/aromatic N) is 3. The number of rotatable bonds is 4. The molecule has 1 aliphatic rings. The summed E-state index contributed by atoms with van der Waals surface area (Å²) in [5.74, 6) is -2.03. The number of ether oxygens (including phenoxy) is 1. The molecule has 1 amide bonds. The van der Waals surface area contributed by atoms with Gasteiger partial charge in [-0.2, -0.15) is 13.2 Å². The minimum atomic E-state index is -4.67. The fraction of sp³-hybridized carbons (Fsp3) is 0.438. The van der Waals surface area contributed by atoms with Crippen molar-refractivity contribution in [2.75, 3.05) is 19.7 Å². The van der Waals surface area contributed by atoms with Crippen LogP contribution in [0.2, 0.25) is 0 Å². The Morgan fingerprint density at radius 1 is 1.19 bits per heavy atom. The first-order chi connectivity index (χ1) is 12.3. The maximum Gasteiger partial charge on any atom is 0.470 e. The van der Waals surface area contributed by atoms with Gasteiger partial charge < -0.3 is 14.1 Å². The number of carbonyl (C=O) groups is 1. The quantitative estimate of drug-likeness (QED) is 0.771. The highest BCUT2D eigenvalue weighted by Gasteiger charge is 2.39. The van der Waals surface area contributed by atoms with Crippen molar-refractivity contribution in [2.45, 2.75) is 24.9 Å². The molecule has 1 aromatic heterocycles. The number of alkyl halides is 3. The predicted molar refractivity (Wildman–Crippen MR) is 79.8 cm³/mol. The third kappa shape index (κ3) is 4.30. The molecule has 2 heterocycles. The van der Waals surface area contributed by atoms with Crippen LogP contribution >= 0.6 is 0 Å². The molecule has 0 saturated carbocycles. The van der Waals surface area contributed by atoms with E-state index in [-0.39, 0.29) is 24.3 Å². The van der Waals surface area contributed by atoms with Crippen molar-refractivity contribution in [1.29, 1.82) is 0 Å². The molecular weight excluding hydrogens is 358 g/mol. The Bertz CT molecular complexity index is 753. The van der Waals surface area contributed by atoms with E-state index in [4.69, 9.17) is 9.15 Å². The van der Waals surface area contributed by atoms with Gasteiger partial charge in [-0.15, -0.1) is 10.2 Å². The Balaban J connectivity index is 1.49. The van der Waals surface area contributed by atoms with Crippen LogP contribution in [0.1, 0.15) is 30.5 Å². The van der Waals surface area contributed by atoms with Crippen LogP contribution in [0.3, 0.4) is 0 Å². The van der Waals surface area contributed by atoms with Gasteiger partial charge in [0.15, 0.2) is 6.61 Å². The second-order valence-corrected chi connectivity index (χ2v) is 5.84. The minimum absolute atomic E-state index is 0.0630. The summed E-state index contributed by atoms with van der Waals surface area (Å²) in [6, 6.07) is 5.29. The molecule has 2 aromatic rings. The number of amides is 1. The van der Waals surface area contributed by atoms with Crippen molar-refractivity contribution in [3.8, 4) is 5.75 Å². The summed E-state index contributed by atoms with van der Waals surface area (Å²) in [5.41, 5.74) is 0. The van der Waals surface area contributed by atoms with Crippen molar-refractivity contribution in [3.05, 3.63) is 41.9 Å². The van der Waals surface area contributed by atoms with E-state index in [1.54, 1.807) is 4.90 Å². The molecule has 3 rings (SSSR count). The van der Waals surface area contributed by atoms with E-state index in [0.717, 1.165) is 0 Å². The molecule has 26 heavy (non-hydrogen) atoms. The number of piperidine rings is 1. The highest BCUT2D eigenvalue weighted by atomic mass is 19.4. The van der Waals surface area contributed by atoms with Gasteiger partial charge >= 0.3 is 12.1 Å². The number of aromatic nitrogens is 2. The fourth-order valence-corrected chi connectivity index (χ4v) is 2.66. The van der Waals surface area contributed by atoms with Gasteiger partial charge in [-0.05, 0) is 37.1 Å². The monoisotopic (exact) mass is 373 g/mol. The van der Waals surface area contributed by atoms with Crippen molar-refractivity contribution in [1.82, 2.24) is 15.1 Å². The van der Waals surface area contributed by atoms with Crippen molar-refractivity contribution < 1.29 is 31.5 Å². The first-order valence-corrected chi connectivity index (χ1v) is 7.89. The number of halogens is 4. The molecule has 1 aromatic carbocycles. The third-order valence-corrected chi connectivity index (χ3v) is 4.06. The van der Waals surface area contributed by atoms with Gasteiger partial charge in [0.25, 0.3) is 5.91 Å². The zero-order valence-corrected chi connectivity index (χ0v) is 13.5. The lowest BCUT2D eigenvalue weighted by atomic mass is 9.97.